The fraction of sp³-hybridized carbons (Fsp3) is 0.259. The molecule has 0 radical (unpaired) electrons. The second kappa shape index (κ2) is 11.0. The Morgan fingerprint density at radius 2 is 1.97 bits per heavy atom. The van der Waals surface area contributed by atoms with Crippen molar-refractivity contribution in [3.63, 3.8) is 0 Å². The van der Waals surface area contributed by atoms with Crippen LogP contribution in [0.4, 0.5) is 0 Å². The predicted molar refractivity (Wildman–Crippen MR) is 136 cm³/mol. The number of aliphatic imine (C=N–C) groups is 1. The third-order valence-corrected chi connectivity index (χ3v) is 6.15. The topological polar surface area (TPSA) is 83.4 Å². The van der Waals surface area contributed by atoms with Gasteiger partial charge in [-0.25, -0.2) is 4.99 Å². The summed E-state index contributed by atoms with van der Waals surface area (Å²) >= 11 is 6.55. The molecule has 3 aromatic rings. The van der Waals surface area contributed by atoms with Gasteiger partial charge in [0.15, 0.2) is 6.17 Å². The van der Waals surface area contributed by atoms with E-state index in [1.807, 2.05) is 42.5 Å². The highest BCUT2D eigenvalue weighted by molar-refractivity contribution is 6.31. The van der Waals surface area contributed by atoms with Crippen molar-refractivity contribution < 1.29 is 19.5 Å². The number of carbonyl (C=O) groups is 1. The second-order valence-corrected chi connectivity index (χ2v) is 9.01. The number of carboxylic acids is 1. The van der Waals surface area contributed by atoms with Crippen LogP contribution in [0.15, 0.2) is 65.7 Å². The number of benzene rings is 3. The molecule has 7 nitrogen and oxygen atoms in total. The van der Waals surface area contributed by atoms with Crippen LogP contribution in [-0.2, 0) is 27.5 Å². The average molecular weight is 494 g/mol. The highest BCUT2D eigenvalue weighted by atomic mass is 35.5. The fourth-order valence-corrected chi connectivity index (χ4v) is 4.48. The molecule has 2 N–H and O–H groups in total. The summed E-state index contributed by atoms with van der Waals surface area (Å²) in [5.41, 5.74) is 10.0. The Bertz CT molecular complexity index is 1260. The molecule has 35 heavy (non-hydrogen) atoms. The van der Waals surface area contributed by atoms with Crippen molar-refractivity contribution in [2.24, 2.45) is 4.99 Å². The molecule has 1 unspecified atom stereocenters. The zero-order chi connectivity index (χ0) is 24.9. The zero-order valence-corrected chi connectivity index (χ0v) is 20.7. The van der Waals surface area contributed by atoms with Crippen LogP contribution in [-0.4, -0.2) is 42.6 Å². The van der Waals surface area contributed by atoms with E-state index in [0.717, 1.165) is 33.4 Å². The lowest BCUT2D eigenvalue weighted by Crippen LogP contribution is -2.25. The van der Waals surface area contributed by atoms with E-state index in [2.05, 4.69) is 30.6 Å². The van der Waals surface area contributed by atoms with Crippen molar-refractivity contribution in [2.45, 2.75) is 26.2 Å². The van der Waals surface area contributed by atoms with Crippen LogP contribution in [0.2, 0.25) is 5.02 Å². The van der Waals surface area contributed by atoms with Crippen LogP contribution < -0.4 is 5.48 Å². The molecule has 0 bridgehead atoms. The molecule has 1 heterocycles. The number of nitrogens with zero attached hydrogens (tertiary/aromatic N) is 2. The number of carboxylic acid groups (broad SMARTS) is 1. The normalized spacial score (nSPS) is 15.2. The molecular formula is C27H28ClN3O4. The molecule has 0 aliphatic carbocycles. The fourth-order valence-electron chi connectivity index (χ4n) is 4.18. The van der Waals surface area contributed by atoms with Crippen LogP contribution in [0.3, 0.4) is 0 Å². The number of likely N-dealkylation sites (N-methyl/N-ethyl adjacent to an activating group) is 1. The van der Waals surface area contributed by atoms with Gasteiger partial charge in [-0.2, -0.15) is 0 Å². The van der Waals surface area contributed by atoms with E-state index < -0.39 is 12.1 Å². The number of hydrogen-bond donors (Lipinski definition) is 2. The van der Waals surface area contributed by atoms with Gasteiger partial charge in [-0.1, -0.05) is 54.1 Å². The molecular weight excluding hydrogens is 466 g/mol. The van der Waals surface area contributed by atoms with Gasteiger partial charge < -0.3 is 14.7 Å². The van der Waals surface area contributed by atoms with Crippen molar-refractivity contribution in [3.05, 3.63) is 93.5 Å². The summed E-state index contributed by atoms with van der Waals surface area (Å²) in [7, 11) is 3.43. The maximum Gasteiger partial charge on any atom is 0.317 e. The van der Waals surface area contributed by atoms with Crippen molar-refractivity contribution >= 4 is 23.5 Å². The molecule has 1 aliphatic rings. The van der Waals surface area contributed by atoms with Crippen molar-refractivity contribution in [3.8, 4) is 11.1 Å². The Hall–Kier alpha value is -3.23. The molecule has 0 saturated carbocycles. The third-order valence-electron chi connectivity index (χ3n) is 5.82. The molecule has 0 aromatic heterocycles. The van der Waals surface area contributed by atoms with E-state index in [1.54, 1.807) is 19.1 Å². The van der Waals surface area contributed by atoms with Crippen LogP contribution in [0.25, 0.3) is 11.1 Å². The Morgan fingerprint density at radius 3 is 2.69 bits per heavy atom. The molecule has 0 fully saturated rings. The quantitative estimate of drug-likeness (QED) is 0.438. The van der Waals surface area contributed by atoms with E-state index >= 15 is 0 Å². The summed E-state index contributed by atoms with van der Waals surface area (Å²) < 4.78 is 5.46. The summed E-state index contributed by atoms with van der Waals surface area (Å²) in [6.07, 6.45) is -0.454. The van der Waals surface area contributed by atoms with Crippen LogP contribution in [0, 0.1) is 6.92 Å². The maximum atomic E-state index is 10.9. The monoisotopic (exact) mass is 493 g/mol. The molecule has 0 spiro atoms. The highest BCUT2D eigenvalue weighted by Crippen LogP contribution is 2.31. The van der Waals surface area contributed by atoms with Gasteiger partial charge in [0.2, 0.25) is 5.90 Å². The molecule has 0 saturated heterocycles. The average Bonchev–Trinajstić information content (AvgIpc) is 3.29. The van der Waals surface area contributed by atoms with E-state index in [1.165, 1.54) is 5.56 Å². The Morgan fingerprint density at radius 1 is 1.17 bits per heavy atom. The first-order valence-corrected chi connectivity index (χ1v) is 11.6. The first-order chi connectivity index (χ1) is 16.9. The number of nitrogens with one attached hydrogen (secondary N) is 1. The standard InChI is InChI=1S/C27H28ClN3O4/c1-17-6-4-5-7-21(17)22-11-9-19(13-20(22)16-34-3)27-29-26(30-35-27)23-10-8-18(12-24(23)28)14-31(2)15-25(32)33/h4-13,26,30H,14-16H2,1-3H3,(H,32,33). The third kappa shape index (κ3) is 5.89. The Balaban J connectivity index is 1.56. The lowest BCUT2D eigenvalue weighted by Gasteiger charge is -2.15. The minimum absolute atomic E-state index is 0.0429. The zero-order valence-electron chi connectivity index (χ0n) is 19.9. The van der Waals surface area contributed by atoms with Gasteiger partial charge in [0.05, 0.1) is 13.2 Å². The van der Waals surface area contributed by atoms with Gasteiger partial charge in [0, 0.05) is 29.8 Å². The lowest BCUT2D eigenvalue weighted by atomic mass is 9.94. The first-order valence-electron chi connectivity index (χ1n) is 11.2. The molecule has 1 atom stereocenters. The molecule has 4 rings (SSSR count). The van der Waals surface area contributed by atoms with Crippen LogP contribution in [0.1, 0.15) is 34.0 Å². The first kappa shape index (κ1) is 24.9. The predicted octanol–water partition coefficient (Wildman–Crippen LogP) is 4.96. The molecule has 1 aliphatic heterocycles. The van der Waals surface area contributed by atoms with Crippen LogP contribution in [0.5, 0.6) is 0 Å². The molecule has 0 amide bonds. The molecule has 3 aromatic carbocycles. The van der Waals surface area contributed by atoms with Crippen LogP contribution >= 0.6 is 11.6 Å². The van der Waals surface area contributed by atoms with Crippen molar-refractivity contribution in [2.75, 3.05) is 20.7 Å². The van der Waals surface area contributed by atoms with Gasteiger partial charge in [-0.15, -0.1) is 5.48 Å². The van der Waals surface area contributed by atoms with Gasteiger partial charge in [0.1, 0.15) is 0 Å². The number of hydroxylamine groups is 1. The van der Waals surface area contributed by atoms with Gasteiger partial charge in [-0.05, 0) is 60.0 Å². The largest absolute Gasteiger partial charge is 0.480 e. The van der Waals surface area contributed by atoms with E-state index in [4.69, 9.17) is 31.3 Å². The molecule has 182 valence electrons. The number of ether oxygens (including phenoxy) is 1. The number of aliphatic carboxylic acids is 1. The van der Waals surface area contributed by atoms with Gasteiger partial charge in [0.25, 0.3) is 0 Å². The number of halogens is 1. The van der Waals surface area contributed by atoms with Crippen molar-refractivity contribution in [1.29, 1.82) is 0 Å². The maximum absolute atomic E-state index is 10.9. The summed E-state index contributed by atoms with van der Waals surface area (Å²) in [6.45, 7) is 2.99. The van der Waals surface area contributed by atoms with E-state index in [0.29, 0.717) is 24.1 Å². The van der Waals surface area contributed by atoms with E-state index in [-0.39, 0.29) is 6.54 Å². The highest BCUT2D eigenvalue weighted by Gasteiger charge is 2.24. The van der Waals surface area contributed by atoms with E-state index in [9.17, 15) is 4.79 Å². The summed E-state index contributed by atoms with van der Waals surface area (Å²) in [6, 6.07) is 20.0. The summed E-state index contributed by atoms with van der Waals surface area (Å²) in [4.78, 5) is 23.0. The lowest BCUT2D eigenvalue weighted by molar-refractivity contribution is -0.138. The Kier molecular flexibility index (Phi) is 7.83. The number of methoxy groups -OCH3 is 1. The number of aryl methyl sites for hydroxylation is 1. The second-order valence-electron chi connectivity index (χ2n) is 8.60. The number of hydrogen-bond acceptors (Lipinski definition) is 6. The van der Waals surface area contributed by atoms with Gasteiger partial charge >= 0.3 is 5.97 Å². The molecule has 8 heteroatoms. The Labute approximate surface area is 209 Å². The SMILES string of the molecule is COCc1cc(C2=NC(c3ccc(CN(C)CC(=O)O)cc3Cl)NO2)ccc1-c1ccccc1C. The minimum atomic E-state index is -0.870. The van der Waals surface area contributed by atoms with Crippen molar-refractivity contribution in [1.82, 2.24) is 10.4 Å². The smallest absolute Gasteiger partial charge is 0.317 e. The minimum Gasteiger partial charge on any atom is -0.480 e. The summed E-state index contributed by atoms with van der Waals surface area (Å²) in [5, 5.41) is 9.48. The van der Waals surface area contributed by atoms with Gasteiger partial charge in [-0.3, -0.25) is 9.69 Å². The number of rotatable bonds is 9. The summed E-state index contributed by atoms with van der Waals surface area (Å²) in [5.74, 6) is -0.394.